The van der Waals surface area contributed by atoms with Crippen LogP contribution in [0, 0.1) is 24.0 Å². The first-order chi connectivity index (χ1) is 13.4. The fraction of sp³-hybridized carbons (Fsp3) is 0.211. The summed E-state index contributed by atoms with van der Waals surface area (Å²) in [6.45, 7) is 3.64. The van der Waals surface area contributed by atoms with Gasteiger partial charge in [0.2, 0.25) is 5.91 Å². The van der Waals surface area contributed by atoms with E-state index in [1.54, 1.807) is 13.0 Å². The summed E-state index contributed by atoms with van der Waals surface area (Å²) >= 11 is 1.22. The summed E-state index contributed by atoms with van der Waals surface area (Å²) in [5, 5.41) is 22.8. The van der Waals surface area contributed by atoms with Crippen LogP contribution in [0.4, 0.5) is 11.4 Å². The maximum absolute atomic E-state index is 12.3. The van der Waals surface area contributed by atoms with Crippen LogP contribution >= 0.6 is 11.8 Å². The largest absolute Gasteiger partial charge is 0.320 e. The molecular weight excluding hydrogens is 378 g/mol. The van der Waals surface area contributed by atoms with Crippen LogP contribution in [0.1, 0.15) is 11.1 Å². The molecular formula is C19H19N5O3S. The Hall–Kier alpha value is -3.20. The Morgan fingerprint density at radius 2 is 1.86 bits per heavy atom. The molecule has 0 saturated carbocycles. The van der Waals surface area contributed by atoms with Crippen LogP contribution in [-0.2, 0) is 11.8 Å². The van der Waals surface area contributed by atoms with Gasteiger partial charge in [0.25, 0.3) is 5.69 Å². The third-order valence-electron chi connectivity index (χ3n) is 4.28. The van der Waals surface area contributed by atoms with Crippen molar-refractivity contribution in [3.05, 3.63) is 63.7 Å². The van der Waals surface area contributed by atoms with Crippen LogP contribution < -0.4 is 5.32 Å². The van der Waals surface area contributed by atoms with Gasteiger partial charge in [-0.2, -0.15) is 0 Å². The predicted octanol–water partition coefficient (Wildman–Crippen LogP) is 3.74. The number of hydrogen-bond acceptors (Lipinski definition) is 6. The zero-order chi connectivity index (χ0) is 20.3. The lowest BCUT2D eigenvalue weighted by molar-refractivity contribution is -0.384. The van der Waals surface area contributed by atoms with Crippen LogP contribution in [-0.4, -0.2) is 31.3 Å². The predicted molar refractivity (Wildman–Crippen MR) is 108 cm³/mol. The molecule has 144 valence electrons. The molecule has 0 atom stereocenters. The number of aryl methyl sites for hydroxylation is 2. The smallest absolute Gasteiger partial charge is 0.293 e. The highest BCUT2D eigenvalue weighted by atomic mass is 32.2. The minimum absolute atomic E-state index is 0.0604. The summed E-state index contributed by atoms with van der Waals surface area (Å²) in [6, 6.07) is 12.7. The summed E-state index contributed by atoms with van der Waals surface area (Å²) in [5.74, 6) is 0.416. The average Bonchev–Trinajstić information content (AvgIpc) is 3.04. The van der Waals surface area contributed by atoms with Crippen LogP contribution in [0.15, 0.2) is 47.6 Å². The molecule has 0 aliphatic carbocycles. The van der Waals surface area contributed by atoms with E-state index in [9.17, 15) is 14.9 Å². The first-order valence-electron chi connectivity index (χ1n) is 8.50. The molecule has 0 bridgehead atoms. The zero-order valence-corrected chi connectivity index (χ0v) is 16.5. The molecule has 2 aromatic carbocycles. The van der Waals surface area contributed by atoms with Gasteiger partial charge in [0.05, 0.1) is 10.7 Å². The number of nitrogens with one attached hydrogen (secondary N) is 1. The van der Waals surface area contributed by atoms with Gasteiger partial charge >= 0.3 is 0 Å². The molecule has 3 rings (SSSR count). The highest BCUT2D eigenvalue weighted by Crippen LogP contribution is 2.28. The maximum atomic E-state index is 12.3. The Bertz CT molecular complexity index is 1030. The molecule has 9 heteroatoms. The maximum Gasteiger partial charge on any atom is 0.293 e. The molecule has 0 unspecified atom stereocenters. The van der Waals surface area contributed by atoms with Crippen molar-refractivity contribution in [1.82, 2.24) is 14.8 Å². The molecule has 0 aliphatic rings. The second-order valence-electron chi connectivity index (χ2n) is 6.28. The number of hydrogen-bond donors (Lipinski definition) is 1. The molecule has 1 amide bonds. The number of thioether (sulfide) groups is 1. The second-order valence-corrected chi connectivity index (χ2v) is 7.22. The van der Waals surface area contributed by atoms with E-state index in [2.05, 4.69) is 15.5 Å². The molecule has 28 heavy (non-hydrogen) atoms. The number of rotatable bonds is 6. The molecule has 0 spiro atoms. The van der Waals surface area contributed by atoms with Gasteiger partial charge in [0, 0.05) is 18.7 Å². The van der Waals surface area contributed by atoms with Gasteiger partial charge in [-0.15, -0.1) is 10.2 Å². The lowest BCUT2D eigenvalue weighted by atomic mass is 10.1. The topological polar surface area (TPSA) is 103 Å². The first-order valence-corrected chi connectivity index (χ1v) is 9.48. The lowest BCUT2D eigenvalue weighted by Crippen LogP contribution is -2.16. The first kappa shape index (κ1) is 19.6. The number of aromatic nitrogens is 3. The number of anilines is 1. The van der Waals surface area contributed by atoms with Gasteiger partial charge < -0.3 is 9.88 Å². The Morgan fingerprint density at radius 3 is 2.54 bits per heavy atom. The van der Waals surface area contributed by atoms with Crippen molar-refractivity contribution in [2.45, 2.75) is 19.0 Å². The summed E-state index contributed by atoms with van der Waals surface area (Å²) < 4.78 is 1.81. The monoisotopic (exact) mass is 397 g/mol. The fourth-order valence-corrected chi connectivity index (χ4v) is 3.36. The van der Waals surface area contributed by atoms with E-state index >= 15 is 0 Å². The standard InChI is InChI=1S/C19H19N5O3S/c1-12-9-15(16(24(26)27)10-13(12)2)20-17(25)11-28-19-22-21-18(23(19)3)14-7-5-4-6-8-14/h4-10H,11H2,1-3H3,(H,20,25). The van der Waals surface area contributed by atoms with E-state index in [4.69, 9.17) is 0 Å². The molecule has 0 fully saturated rings. The Morgan fingerprint density at radius 1 is 1.18 bits per heavy atom. The van der Waals surface area contributed by atoms with Crippen molar-refractivity contribution in [3.8, 4) is 11.4 Å². The number of amides is 1. The lowest BCUT2D eigenvalue weighted by Gasteiger charge is -2.09. The van der Waals surface area contributed by atoms with Gasteiger partial charge in [-0.1, -0.05) is 42.1 Å². The summed E-state index contributed by atoms with van der Waals surface area (Å²) in [7, 11) is 1.83. The highest BCUT2D eigenvalue weighted by molar-refractivity contribution is 7.99. The number of nitro benzene ring substituents is 1. The van der Waals surface area contributed by atoms with Crippen molar-refractivity contribution in [2.75, 3.05) is 11.1 Å². The quantitative estimate of drug-likeness (QED) is 0.386. The summed E-state index contributed by atoms with van der Waals surface area (Å²) in [5.41, 5.74) is 2.67. The second kappa shape index (κ2) is 8.22. The van der Waals surface area contributed by atoms with Crippen LogP contribution in [0.2, 0.25) is 0 Å². The molecule has 3 aromatic rings. The van der Waals surface area contributed by atoms with Gasteiger partial charge in [-0.3, -0.25) is 14.9 Å². The van der Waals surface area contributed by atoms with Crippen molar-refractivity contribution < 1.29 is 9.72 Å². The highest BCUT2D eigenvalue weighted by Gasteiger charge is 2.18. The molecule has 1 aromatic heterocycles. The van der Waals surface area contributed by atoms with Gasteiger partial charge in [-0.05, 0) is 31.0 Å². The minimum Gasteiger partial charge on any atom is -0.320 e. The van der Waals surface area contributed by atoms with Crippen LogP contribution in [0.3, 0.4) is 0 Å². The molecule has 0 saturated heterocycles. The van der Waals surface area contributed by atoms with Crippen LogP contribution in [0.5, 0.6) is 0 Å². The number of nitro groups is 1. The number of carbonyl (C=O) groups is 1. The summed E-state index contributed by atoms with van der Waals surface area (Å²) in [4.78, 5) is 23.1. The van der Waals surface area contributed by atoms with Crippen LogP contribution in [0.25, 0.3) is 11.4 Å². The zero-order valence-electron chi connectivity index (χ0n) is 15.7. The van der Waals surface area contributed by atoms with E-state index < -0.39 is 4.92 Å². The molecule has 1 N–H and O–H groups in total. The van der Waals surface area contributed by atoms with Crippen molar-refractivity contribution in [1.29, 1.82) is 0 Å². The molecule has 8 nitrogen and oxygen atoms in total. The Balaban J connectivity index is 1.70. The van der Waals surface area contributed by atoms with Crippen molar-refractivity contribution in [2.24, 2.45) is 7.05 Å². The number of carbonyl (C=O) groups excluding carboxylic acids is 1. The van der Waals surface area contributed by atoms with Gasteiger partial charge in [0.1, 0.15) is 5.69 Å². The average molecular weight is 397 g/mol. The van der Waals surface area contributed by atoms with E-state index in [0.717, 1.165) is 16.7 Å². The fourth-order valence-electron chi connectivity index (χ4n) is 2.65. The van der Waals surface area contributed by atoms with E-state index in [1.807, 2.05) is 48.9 Å². The number of benzene rings is 2. The van der Waals surface area contributed by atoms with E-state index in [1.165, 1.54) is 17.8 Å². The Labute approximate surface area is 166 Å². The van der Waals surface area contributed by atoms with Gasteiger partial charge in [-0.25, -0.2) is 0 Å². The minimum atomic E-state index is -0.496. The molecule has 1 heterocycles. The van der Waals surface area contributed by atoms with Crippen molar-refractivity contribution in [3.63, 3.8) is 0 Å². The van der Waals surface area contributed by atoms with E-state index in [0.29, 0.717) is 11.0 Å². The molecule has 0 radical (unpaired) electrons. The number of nitrogens with zero attached hydrogens (tertiary/aromatic N) is 4. The SMILES string of the molecule is Cc1cc(NC(=O)CSc2nnc(-c3ccccc3)n2C)c([N+](=O)[O-])cc1C. The van der Waals surface area contributed by atoms with Gasteiger partial charge in [0.15, 0.2) is 11.0 Å². The van der Waals surface area contributed by atoms with Crippen molar-refractivity contribution >= 4 is 29.0 Å². The Kier molecular flexibility index (Phi) is 5.74. The normalized spacial score (nSPS) is 10.7. The third kappa shape index (κ3) is 4.20. The summed E-state index contributed by atoms with van der Waals surface area (Å²) in [6.07, 6.45) is 0. The third-order valence-corrected chi connectivity index (χ3v) is 5.30. The molecule has 0 aliphatic heterocycles. The van der Waals surface area contributed by atoms with E-state index in [-0.39, 0.29) is 23.0 Å².